The van der Waals surface area contributed by atoms with Gasteiger partial charge in [0.1, 0.15) is 5.75 Å². The number of fused-ring (bicyclic) bond motifs is 1. The summed E-state index contributed by atoms with van der Waals surface area (Å²) in [6, 6.07) is 14.8. The first-order valence-electron chi connectivity index (χ1n) is 5.86. The highest BCUT2D eigenvalue weighted by molar-refractivity contribution is 6.00. The fraction of sp³-hybridized carbons (Fsp3) is 0. The van der Waals surface area contributed by atoms with Crippen LogP contribution in [0.25, 0.3) is 16.6 Å². The Hall–Kier alpha value is -2.75. The molecule has 2 aromatic carbocycles. The first-order chi connectivity index (χ1) is 9.29. The standard InChI is InChI=1S/C15H12N2O2/c18-13-7-5-12(6-8-13)17-10-11(9-16-19)14-3-1-2-4-15(14)17/h1-10,18-19H/b16-9+. The van der Waals surface area contributed by atoms with Crippen molar-refractivity contribution < 1.29 is 10.3 Å². The van der Waals surface area contributed by atoms with Crippen LogP contribution in [0, 0.1) is 0 Å². The summed E-state index contributed by atoms with van der Waals surface area (Å²) in [6.45, 7) is 0. The number of aromatic nitrogens is 1. The van der Waals surface area contributed by atoms with Crippen LogP contribution >= 0.6 is 0 Å². The summed E-state index contributed by atoms with van der Waals surface area (Å²) in [6.07, 6.45) is 3.32. The number of benzene rings is 2. The molecular formula is C15H12N2O2. The molecule has 0 aliphatic rings. The van der Waals surface area contributed by atoms with Gasteiger partial charge in [0, 0.05) is 22.8 Å². The number of phenols is 1. The van der Waals surface area contributed by atoms with Gasteiger partial charge in [0.25, 0.3) is 0 Å². The highest BCUT2D eigenvalue weighted by Gasteiger charge is 2.07. The quantitative estimate of drug-likeness (QED) is 0.418. The zero-order valence-corrected chi connectivity index (χ0v) is 10.1. The molecule has 0 saturated carbocycles. The number of hydrogen-bond donors (Lipinski definition) is 2. The maximum atomic E-state index is 9.34. The van der Waals surface area contributed by atoms with Crippen LogP contribution in [0.1, 0.15) is 5.56 Å². The van der Waals surface area contributed by atoms with E-state index in [-0.39, 0.29) is 5.75 Å². The molecular weight excluding hydrogens is 240 g/mol. The Kier molecular flexibility index (Phi) is 2.68. The second-order valence-corrected chi connectivity index (χ2v) is 4.23. The zero-order valence-electron chi connectivity index (χ0n) is 10.1. The van der Waals surface area contributed by atoms with Crippen molar-refractivity contribution in [2.24, 2.45) is 5.16 Å². The molecule has 0 atom stereocenters. The molecule has 1 aromatic heterocycles. The lowest BCUT2D eigenvalue weighted by Crippen LogP contribution is -1.90. The summed E-state index contributed by atoms with van der Waals surface area (Å²) in [5, 5.41) is 22.2. The average molecular weight is 252 g/mol. The maximum Gasteiger partial charge on any atom is 0.115 e. The van der Waals surface area contributed by atoms with Crippen molar-refractivity contribution in [3.8, 4) is 11.4 Å². The van der Waals surface area contributed by atoms with E-state index in [0.717, 1.165) is 22.2 Å². The Morgan fingerprint density at radius 2 is 1.74 bits per heavy atom. The van der Waals surface area contributed by atoms with Crippen LogP contribution in [0.5, 0.6) is 5.75 Å². The van der Waals surface area contributed by atoms with Crippen LogP contribution in [0.3, 0.4) is 0 Å². The fourth-order valence-electron chi connectivity index (χ4n) is 2.20. The van der Waals surface area contributed by atoms with Crippen LogP contribution in [-0.4, -0.2) is 21.1 Å². The van der Waals surface area contributed by atoms with Gasteiger partial charge in [0.2, 0.25) is 0 Å². The molecule has 0 spiro atoms. The van der Waals surface area contributed by atoms with E-state index in [9.17, 15) is 5.11 Å². The lowest BCUT2D eigenvalue weighted by molar-refractivity contribution is 0.322. The molecule has 19 heavy (non-hydrogen) atoms. The van der Waals surface area contributed by atoms with Gasteiger partial charge in [0.15, 0.2) is 0 Å². The number of rotatable bonds is 2. The Morgan fingerprint density at radius 3 is 2.47 bits per heavy atom. The van der Waals surface area contributed by atoms with Crippen molar-refractivity contribution >= 4 is 17.1 Å². The number of hydrogen-bond acceptors (Lipinski definition) is 3. The van der Waals surface area contributed by atoms with Crippen LogP contribution in [0.4, 0.5) is 0 Å². The predicted molar refractivity (Wildman–Crippen MR) is 74.3 cm³/mol. The largest absolute Gasteiger partial charge is 0.508 e. The smallest absolute Gasteiger partial charge is 0.115 e. The second kappa shape index (κ2) is 4.49. The minimum Gasteiger partial charge on any atom is -0.508 e. The molecule has 2 N–H and O–H groups in total. The third-order valence-electron chi connectivity index (χ3n) is 3.07. The van der Waals surface area contributed by atoms with E-state index in [1.165, 1.54) is 6.21 Å². The molecule has 0 fully saturated rings. The monoisotopic (exact) mass is 252 g/mol. The number of oxime groups is 1. The van der Waals surface area contributed by atoms with Gasteiger partial charge in [-0.15, -0.1) is 0 Å². The molecule has 0 aliphatic heterocycles. The normalized spacial score (nSPS) is 11.4. The summed E-state index contributed by atoms with van der Waals surface area (Å²) >= 11 is 0. The van der Waals surface area contributed by atoms with E-state index in [1.54, 1.807) is 12.1 Å². The SMILES string of the molecule is O/N=C/c1cn(-c2ccc(O)cc2)c2ccccc12. The molecule has 3 rings (SSSR count). The first kappa shape index (κ1) is 11.3. The number of para-hydroxylation sites is 1. The molecule has 3 aromatic rings. The molecule has 4 nitrogen and oxygen atoms in total. The minimum atomic E-state index is 0.234. The number of phenolic OH excluding ortho intramolecular Hbond substituents is 1. The maximum absolute atomic E-state index is 9.34. The van der Waals surface area contributed by atoms with Gasteiger partial charge in [-0.05, 0) is 30.3 Å². The fourth-order valence-corrected chi connectivity index (χ4v) is 2.20. The number of nitrogens with zero attached hydrogens (tertiary/aromatic N) is 2. The lowest BCUT2D eigenvalue weighted by Gasteiger charge is -2.05. The Balaban J connectivity index is 2.26. The van der Waals surface area contributed by atoms with Gasteiger partial charge in [0.05, 0.1) is 11.7 Å². The van der Waals surface area contributed by atoms with Crippen LogP contribution in [-0.2, 0) is 0 Å². The Morgan fingerprint density at radius 1 is 1.00 bits per heavy atom. The lowest BCUT2D eigenvalue weighted by atomic mass is 10.2. The van der Waals surface area contributed by atoms with Crippen LogP contribution in [0.2, 0.25) is 0 Å². The van der Waals surface area contributed by atoms with Crippen molar-refractivity contribution in [1.29, 1.82) is 0 Å². The summed E-state index contributed by atoms with van der Waals surface area (Å²) in [5.41, 5.74) is 2.79. The summed E-state index contributed by atoms with van der Waals surface area (Å²) in [4.78, 5) is 0. The van der Waals surface area contributed by atoms with Crippen LogP contribution < -0.4 is 0 Å². The van der Waals surface area contributed by atoms with Crippen molar-refractivity contribution in [3.63, 3.8) is 0 Å². The number of aromatic hydroxyl groups is 1. The Bertz CT molecular complexity index is 742. The van der Waals surface area contributed by atoms with Gasteiger partial charge < -0.3 is 14.9 Å². The van der Waals surface area contributed by atoms with Gasteiger partial charge in [-0.1, -0.05) is 23.4 Å². The van der Waals surface area contributed by atoms with Crippen molar-refractivity contribution in [2.75, 3.05) is 0 Å². The second-order valence-electron chi connectivity index (χ2n) is 4.23. The summed E-state index contributed by atoms with van der Waals surface area (Å²) < 4.78 is 1.99. The van der Waals surface area contributed by atoms with E-state index in [0.29, 0.717) is 0 Å². The van der Waals surface area contributed by atoms with Gasteiger partial charge in [-0.25, -0.2) is 0 Å². The van der Waals surface area contributed by atoms with Gasteiger partial charge in [-0.3, -0.25) is 0 Å². The molecule has 94 valence electrons. The first-order valence-corrected chi connectivity index (χ1v) is 5.86. The van der Waals surface area contributed by atoms with Crippen molar-refractivity contribution in [1.82, 2.24) is 4.57 Å². The summed E-state index contributed by atoms with van der Waals surface area (Å²) in [7, 11) is 0. The zero-order chi connectivity index (χ0) is 13.2. The average Bonchev–Trinajstić information content (AvgIpc) is 2.80. The molecule has 1 heterocycles. The van der Waals surface area contributed by atoms with Crippen molar-refractivity contribution in [2.45, 2.75) is 0 Å². The molecule has 0 unspecified atom stereocenters. The van der Waals surface area contributed by atoms with E-state index in [2.05, 4.69) is 5.16 Å². The molecule has 0 saturated heterocycles. The molecule has 0 aliphatic carbocycles. The minimum absolute atomic E-state index is 0.234. The summed E-state index contributed by atoms with van der Waals surface area (Å²) in [5.74, 6) is 0.234. The molecule has 0 radical (unpaired) electrons. The van der Waals surface area contributed by atoms with E-state index in [1.807, 2.05) is 47.2 Å². The van der Waals surface area contributed by atoms with Crippen LogP contribution in [0.15, 0.2) is 59.9 Å². The van der Waals surface area contributed by atoms with Gasteiger partial charge in [-0.2, -0.15) is 0 Å². The molecule has 4 heteroatoms. The van der Waals surface area contributed by atoms with E-state index < -0.39 is 0 Å². The van der Waals surface area contributed by atoms with Gasteiger partial charge >= 0.3 is 0 Å². The van der Waals surface area contributed by atoms with E-state index >= 15 is 0 Å². The highest BCUT2D eigenvalue weighted by atomic mass is 16.4. The third kappa shape index (κ3) is 1.93. The third-order valence-corrected chi connectivity index (χ3v) is 3.07. The Labute approximate surface area is 109 Å². The molecule has 0 amide bonds. The molecule has 0 bridgehead atoms. The topological polar surface area (TPSA) is 57.8 Å². The van der Waals surface area contributed by atoms with E-state index in [4.69, 9.17) is 5.21 Å². The van der Waals surface area contributed by atoms with Crippen molar-refractivity contribution in [3.05, 3.63) is 60.3 Å². The predicted octanol–water partition coefficient (Wildman–Crippen LogP) is 3.14. The highest BCUT2D eigenvalue weighted by Crippen LogP contribution is 2.24.